The number of carbonyl (C=O) groups is 1. The van der Waals surface area contributed by atoms with Gasteiger partial charge in [0.05, 0.1) is 5.56 Å². The predicted molar refractivity (Wildman–Crippen MR) is 120 cm³/mol. The Balaban J connectivity index is 1.65. The molecule has 2 aromatic heterocycles. The van der Waals surface area contributed by atoms with Crippen molar-refractivity contribution in [2.24, 2.45) is 11.7 Å². The third kappa shape index (κ3) is 4.83. The molecule has 2 heterocycles. The number of pyridine rings is 2. The van der Waals surface area contributed by atoms with Gasteiger partial charge in [0, 0.05) is 24.9 Å². The minimum Gasteiger partial charge on any atom is -0.328 e. The van der Waals surface area contributed by atoms with E-state index in [1.54, 1.807) is 12.4 Å². The fourth-order valence-corrected chi connectivity index (χ4v) is 4.80. The number of carbonyl (C=O) groups excluding carboxylic acids is 1. The molecule has 7 heteroatoms. The average molecular weight is 454 g/mol. The third-order valence-electron chi connectivity index (χ3n) is 6.36. The Labute approximate surface area is 191 Å². The summed E-state index contributed by atoms with van der Waals surface area (Å²) in [4.78, 5) is 21.3. The van der Waals surface area contributed by atoms with E-state index in [0.717, 1.165) is 42.5 Å². The van der Waals surface area contributed by atoms with Crippen molar-refractivity contribution in [2.75, 3.05) is 0 Å². The first-order valence-electron chi connectivity index (χ1n) is 11.1. The Hall–Kier alpha value is -3.06. The van der Waals surface area contributed by atoms with E-state index < -0.39 is 28.7 Å². The number of hydrogen-bond donors (Lipinski definition) is 1. The number of hydrogen-bond acceptors (Lipinski definition) is 4. The van der Waals surface area contributed by atoms with Crippen LogP contribution < -0.4 is 5.73 Å². The summed E-state index contributed by atoms with van der Waals surface area (Å²) in [6.45, 7) is 3.62. The molecule has 1 aromatic carbocycles. The summed E-state index contributed by atoms with van der Waals surface area (Å²) in [5.74, 6) is -2.42. The van der Waals surface area contributed by atoms with Crippen molar-refractivity contribution in [2.45, 2.75) is 51.5 Å². The van der Waals surface area contributed by atoms with E-state index in [-0.39, 0.29) is 35.4 Å². The maximum atomic E-state index is 14.6. The fraction of sp³-hybridized carbons (Fsp3) is 0.346. The highest BCUT2D eigenvalue weighted by Gasteiger charge is 2.28. The lowest BCUT2D eigenvalue weighted by molar-refractivity contribution is 0.0987. The van der Waals surface area contributed by atoms with Crippen molar-refractivity contribution in [1.82, 2.24) is 9.97 Å². The van der Waals surface area contributed by atoms with Crippen LogP contribution in [0.4, 0.5) is 13.2 Å². The van der Waals surface area contributed by atoms with Crippen LogP contribution in [0.25, 0.3) is 11.3 Å². The number of benzene rings is 1. The van der Waals surface area contributed by atoms with Gasteiger partial charge in [-0.1, -0.05) is 13.0 Å². The van der Waals surface area contributed by atoms with Crippen LogP contribution in [0.1, 0.15) is 59.3 Å². The van der Waals surface area contributed by atoms with Crippen LogP contribution in [0.2, 0.25) is 0 Å². The molecular weight excluding hydrogens is 427 g/mol. The van der Waals surface area contributed by atoms with Crippen LogP contribution in [0.15, 0.2) is 42.7 Å². The minimum absolute atomic E-state index is 0.000145. The standard InChI is InChI=1S/C26H26F3N3O/c1-14-9-16(11-18(30)10-14)19-7-8-31-13-17(19)12-23(33)22-6-5-21(28)26(32-22)24-20(27)4-3-15(2)25(24)29/h3-8,13-14,16,18H,9-12,30H2,1-2H3/t14-,16+,18-/m0/s1. The number of nitrogens with two attached hydrogens (primary N) is 1. The van der Waals surface area contributed by atoms with Crippen molar-refractivity contribution >= 4 is 5.78 Å². The third-order valence-corrected chi connectivity index (χ3v) is 6.36. The Morgan fingerprint density at radius 2 is 1.82 bits per heavy atom. The summed E-state index contributed by atoms with van der Waals surface area (Å²) in [5.41, 5.74) is 7.02. The van der Waals surface area contributed by atoms with Gasteiger partial charge in [0.2, 0.25) is 0 Å². The van der Waals surface area contributed by atoms with E-state index in [0.29, 0.717) is 5.92 Å². The quantitative estimate of drug-likeness (QED) is 0.516. The molecule has 172 valence electrons. The second-order valence-electron chi connectivity index (χ2n) is 9.02. The molecule has 2 N–H and O–H groups in total. The zero-order valence-corrected chi connectivity index (χ0v) is 18.6. The Morgan fingerprint density at radius 3 is 2.58 bits per heavy atom. The van der Waals surface area contributed by atoms with E-state index in [4.69, 9.17) is 5.73 Å². The average Bonchev–Trinajstić information content (AvgIpc) is 2.77. The highest BCUT2D eigenvalue weighted by molar-refractivity contribution is 5.96. The van der Waals surface area contributed by atoms with E-state index in [9.17, 15) is 18.0 Å². The molecule has 4 nitrogen and oxygen atoms in total. The van der Waals surface area contributed by atoms with Gasteiger partial charge in [-0.2, -0.15) is 0 Å². The molecule has 33 heavy (non-hydrogen) atoms. The molecule has 0 amide bonds. The summed E-state index contributed by atoms with van der Waals surface area (Å²) in [7, 11) is 0. The van der Waals surface area contributed by atoms with Gasteiger partial charge < -0.3 is 5.73 Å². The van der Waals surface area contributed by atoms with Crippen LogP contribution >= 0.6 is 0 Å². The van der Waals surface area contributed by atoms with Crippen molar-refractivity contribution in [3.63, 3.8) is 0 Å². The molecule has 3 aromatic rings. The van der Waals surface area contributed by atoms with Crippen LogP contribution in [0.3, 0.4) is 0 Å². The Kier molecular flexibility index (Phi) is 6.61. The summed E-state index contributed by atoms with van der Waals surface area (Å²) in [6.07, 6.45) is 6.14. The van der Waals surface area contributed by atoms with Crippen LogP contribution in [-0.4, -0.2) is 21.8 Å². The van der Waals surface area contributed by atoms with E-state index >= 15 is 0 Å². The first-order chi connectivity index (χ1) is 15.7. The van der Waals surface area contributed by atoms with Crippen molar-refractivity contribution < 1.29 is 18.0 Å². The summed E-state index contributed by atoms with van der Waals surface area (Å²) >= 11 is 0. The predicted octanol–water partition coefficient (Wildman–Crippen LogP) is 5.53. The number of ketones is 1. The second kappa shape index (κ2) is 9.43. The summed E-state index contributed by atoms with van der Waals surface area (Å²) < 4.78 is 43.4. The Bertz CT molecular complexity index is 1190. The maximum absolute atomic E-state index is 14.6. The van der Waals surface area contributed by atoms with Crippen LogP contribution in [0, 0.1) is 30.3 Å². The molecule has 1 aliphatic carbocycles. The zero-order chi connectivity index (χ0) is 23.7. The lowest BCUT2D eigenvalue weighted by Crippen LogP contribution is -2.31. The molecule has 1 aliphatic rings. The van der Waals surface area contributed by atoms with Crippen LogP contribution in [-0.2, 0) is 6.42 Å². The number of nitrogens with zero attached hydrogens (tertiary/aromatic N) is 2. The topological polar surface area (TPSA) is 68.9 Å². The van der Waals surface area contributed by atoms with E-state index in [1.807, 2.05) is 6.07 Å². The van der Waals surface area contributed by atoms with Gasteiger partial charge in [0.15, 0.2) is 5.78 Å². The minimum atomic E-state index is -0.939. The monoisotopic (exact) mass is 453 g/mol. The molecule has 0 unspecified atom stereocenters. The van der Waals surface area contributed by atoms with Gasteiger partial charge in [-0.15, -0.1) is 0 Å². The molecule has 3 atom stereocenters. The highest BCUT2D eigenvalue weighted by atomic mass is 19.1. The highest BCUT2D eigenvalue weighted by Crippen LogP contribution is 2.37. The largest absolute Gasteiger partial charge is 0.328 e. The number of Topliss-reactive ketones (excluding diaryl/α,β-unsaturated/α-hetero) is 1. The summed E-state index contributed by atoms with van der Waals surface area (Å²) in [6, 6.07) is 6.60. The van der Waals surface area contributed by atoms with Crippen molar-refractivity contribution in [3.8, 4) is 11.3 Å². The maximum Gasteiger partial charge on any atom is 0.185 e. The second-order valence-corrected chi connectivity index (χ2v) is 9.02. The first-order valence-corrected chi connectivity index (χ1v) is 11.1. The SMILES string of the molecule is Cc1ccc(F)c(-c2nc(C(=O)Cc3cnccc3[C@@H]3C[C@H](C)C[C@H](N)C3)ccc2F)c1F. The van der Waals surface area contributed by atoms with Gasteiger partial charge in [-0.05, 0) is 79.0 Å². The lowest BCUT2D eigenvalue weighted by Gasteiger charge is -2.32. The van der Waals surface area contributed by atoms with Gasteiger partial charge in [-0.3, -0.25) is 9.78 Å². The zero-order valence-electron chi connectivity index (χ0n) is 18.6. The van der Waals surface area contributed by atoms with Gasteiger partial charge >= 0.3 is 0 Å². The molecule has 1 saturated carbocycles. The number of halogens is 3. The normalized spacial score (nSPS) is 20.6. The van der Waals surface area contributed by atoms with Crippen molar-refractivity contribution in [3.05, 3.63) is 82.6 Å². The molecule has 0 radical (unpaired) electrons. The van der Waals surface area contributed by atoms with Gasteiger partial charge in [0.25, 0.3) is 0 Å². The Morgan fingerprint density at radius 1 is 1.06 bits per heavy atom. The van der Waals surface area contributed by atoms with Crippen molar-refractivity contribution in [1.29, 1.82) is 0 Å². The van der Waals surface area contributed by atoms with E-state index in [2.05, 4.69) is 16.9 Å². The molecule has 0 aliphatic heterocycles. The number of aromatic nitrogens is 2. The van der Waals surface area contributed by atoms with E-state index in [1.165, 1.54) is 19.1 Å². The summed E-state index contributed by atoms with van der Waals surface area (Å²) in [5, 5.41) is 0. The molecule has 0 saturated heterocycles. The fourth-order valence-electron chi connectivity index (χ4n) is 4.80. The smallest absolute Gasteiger partial charge is 0.185 e. The number of aryl methyl sites for hydroxylation is 1. The molecule has 0 spiro atoms. The molecule has 4 rings (SSSR count). The van der Waals surface area contributed by atoms with Gasteiger partial charge in [0.1, 0.15) is 28.8 Å². The first kappa shape index (κ1) is 23.1. The molecule has 0 bridgehead atoms. The van der Waals surface area contributed by atoms with Crippen LogP contribution in [0.5, 0.6) is 0 Å². The lowest BCUT2D eigenvalue weighted by atomic mass is 9.75. The number of rotatable bonds is 5. The molecular formula is C26H26F3N3O. The molecule has 1 fully saturated rings. The van der Waals surface area contributed by atoms with Gasteiger partial charge in [-0.25, -0.2) is 18.2 Å².